The van der Waals surface area contributed by atoms with Gasteiger partial charge in [-0.15, -0.1) is 11.3 Å². The number of carboxylic acids is 1. The van der Waals surface area contributed by atoms with Gasteiger partial charge in [0.2, 0.25) is 6.79 Å². The van der Waals surface area contributed by atoms with Crippen molar-refractivity contribution in [1.29, 1.82) is 0 Å². The number of aromatic nitrogens is 1. The maximum atomic E-state index is 11.0. The number of fused-ring (bicyclic) bond motifs is 1. The van der Waals surface area contributed by atoms with Crippen LogP contribution in [-0.2, 0) is 11.3 Å². The van der Waals surface area contributed by atoms with Crippen LogP contribution in [0.5, 0.6) is 11.5 Å². The van der Waals surface area contributed by atoms with Crippen molar-refractivity contribution in [3.63, 3.8) is 0 Å². The Labute approximate surface area is 137 Å². The minimum atomic E-state index is -0.702. The first-order valence-electron chi connectivity index (χ1n) is 7.48. The Hall–Kier alpha value is -2.12. The molecule has 1 atom stereocenters. The maximum Gasteiger partial charge on any atom is 0.307 e. The lowest BCUT2D eigenvalue weighted by Crippen LogP contribution is -2.22. The summed E-state index contributed by atoms with van der Waals surface area (Å²) in [6.07, 6.45) is 0.717. The van der Waals surface area contributed by atoms with Gasteiger partial charge in [-0.25, -0.2) is 4.98 Å². The van der Waals surface area contributed by atoms with Crippen LogP contribution >= 0.6 is 11.3 Å². The van der Waals surface area contributed by atoms with E-state index in [9.17, 15) is 4.79 Å². The molecule has 0 bridgehead atoms. The molecular weight excluding hydrogens is 316 g/mol. The van der Waals surface area contributed by atoms with Crippen molar-refractivity contribution in [1.82, 2.24) is 9.88 Å². The summed E-state index contributed by atoms with van der Waals surface area (Å²) in [5.41, 5.74) is 1.99. The molecule has 1 aromatic carbocycles. The Morgan fingerprint density at radius 2 is 2.26 bits per heavy atom. The van der Waals surface area contributed by atoms with Crippen LogP contribution in [0.2, 0.25) is 0 Å². The van der Waals surface area contributed by atoms with E-state index >= 15 is 0 Å². The molecule has 0 radical (unpaired) electrons. The smallest absolute Gasteiger partial charge is 0.307 e. The molecule has 2 aliphatic rings. The van der Waals surface area contributed by atoms with Gasteiger partial charge in [0.05, 0.1) is 11.6 Å². The van der Waals surface area contributed by atoms with E-state index in [0.717, 1.165) is 34.3 Å². The number of thiazole rings is 1. The van der Waals surface area contributed by atoms with Gasteiger partial charge in [-0.2, -0.15) is 0 Å². The summed E-state index contributed by atoms with van der Waals surface area (Å²) in [5, 5.41) is 12.0. The molecule has 1 fully saturated rings. The molecule has 1 N–H and O–H groups in total. The van der Waals surface area contributed by atoms with Crippen LogP contribution in [0, 0.1) is 5.92 Å². The zero-order chi connectivity index (χ0) is 15.8. The lowest BCUT2D eigenvalue weighted by Gasteiger charge is -2.12. The maximum absolute atomic E-state index is 11.0. The lowest BCUT2D eigenvalue weighted by molar-refractivity contribution is -0.141. The molecule has 1 unspecified atom stereocenters. The first-order chi connectivity index (χ1) is 11.2. The molecule has 0 spiro atoms. The van der Waals surface area contributed by atoms with Gasteiger partial charge in [-0.3, -0.25) is 9.69 Å². The molecule has 2 aliphatic heterocycles. The van der Waals surface area contributed by atoms with Gasteiger partial charge in [0.25, 0.3) is 0 Å². The Morgan fingerprint density at radius 1 is 1.39 bits per heavy atom. The molecular formula is C16H16N2O4S. The van der Waals surface area contributed by atoms with Crippen LogP contribution in [-0.4, -0.2) is 40.8 Å². The topological polar surface area (TPSA) is 71.9 Å². The first kappa shape index (κ1) is 14.5. The summed E-state index contributed by atoms with van der Waals surface area (Å²) in [5.74, 6) is 0.569. The molecule has 0 amide bonds. The lowest BCUT2D eigenvalue weighted by atomic mass is 10.1. The minimum Gasteiger partial charge on any atom is -0.481 e. The van der Waals surface area contributed by atoms with Crippen LogP contribution in [0.3, 0.4) is 0 Å². The van der Waals surface area contributed by atoms with Crippen molar-refractivity contribution in [2.24, 2.45) is 5.92 Å². The van der Waals surface area contributed by atoms with E-state index in [-0.39, 0.29) is 12.7 Å². The molecule has 0 aliphatic carbocycles. The van der Waals surface area contributed by atoms with E-state index in [1.54, 1.807) is 11.3 Å². The number of benzene rings is 1. The van der Waals surface area contributed by atoms with Crippen LogP contribution < -0.4 is 9.47 Å². The highest BCUT2D eigenvalue weighted by molar-refractivity contribution is 7.13. The normalized spacial score (nSPS) is 20.1. The molecule has 0 saturated carbocycles. The van der Waals surface area contributed by atoms with Crippen molar-refractivity contribution < 1.29 is 19.4 Å². The van der Waals surface area contributed by atoms with E-state index < -0.39 is 5.97 Å². The number of hydrogen-bond donors (Lipinski definition) is 1. The molecule has 2 aromatic rings. The van der Waals surface area contributed by atoms with Crippen LogP contribution in [0.15, 0.2) is 23.6 Å². The Kier molecular flexibility index (Phi) is 3.66. The minimum absolute atomic E-state index is 0.248. The number of carboxylic acid groups (broad SMARTS) is 1. The summed E-state index contributed by atoms with van der Waals surface area (Å²) in [7, 11) is 0. The van der Waals surface area contributed by atoms with E-state index in [1.807, 2.05) is 23.6 Å². The average molecular weight is 332 g/mol. The second-order valence-electron chi connectivity index (χ2n) is 5.77. The van der Waals surface area contributed by atoms with Gasteiger partial charge in [-0.05, 0) is 31.2 Å². The standard InChI is InChI=1S/C16H16N2O4S/c19-16(20)11-3-4-18(6-11)7-12-8-23-15(17-12)10-1-2-13-14(5-10)22-9-21-13/h1-2,5,8,11H,3-4,6-7,9H2,(H,19,20). The SMILES string of the molecule is O=C(O)C1CCN(Cc2csc(-c3ccc4c(c3)OCO4)n2)C1. The first-order valence-corrected chi connectivity index (χ1v) is 8.36. The second kappa shape index (κ2) is 5.82. The van der Waals surface area contributed by atoms with Crippen LogP contribution in [0.4, 0.5) is 0 Å². The van der Waals surface area contributed by atoms with Gasteiger partial charge in [0.1, 0.15) is 5.01 Å². The van der Waals surface area contributed by atoms with Crippen LogP contribution in [0.1, 0.15) is 12.1 Å². The number of rotatable bonds is 4. The summed E-state index contributed by atoms with van der Waals surface area (Å²) < 4.78 is 10.7. The highest BCUT2D eigenvalue weighted by Crippen LogP contribution is 2.36. The van der Waals surface area contributed by atoms with Gasteiger partial charge < -0.3 is 14.6 Å². The van der Waals surface area contributed by atoms with Gasteiger partial charge in [0, 0.05) is 24.0 Å². The summed E-state index contributed by atoms with van der Waals surface area (Å²) >= 11 is 1.59. The fraction of sp³-hybridized carbons (Fsp3) is 0.375. The largest absolute Gasteiger partial charge is 0.481 e. The highest BCUT2D eigenvalue weighted by Gasteiger charge is 2.28. The third-order valence-electron chi connectivity index (χ3n) is 4.18. The predicted molar refractivity (Wildman–Crippen MR) is 84.7 cm³/mol. The number of nitrogens with zero attached hydrogens (tertiary/aromatic N) is 2. The van der Waals surface area contributed by atoms with Crippen LogP contribution in [0.25, 0.3) is 10.6 Å². The molecule has 3 heterocycles. The van der Waals surface area contributed by atoms with Crippen molar-refractivity contribution in [2.75, 3.05) is 19.9 Å². The molecule has 23 heavy (non-hydrogen) atoms. The average Bonchev–Trinajstić information content (AvgIpc) is 3.27. The van der Waals surface area contributed by atoms with E-state index in [1.165, 1.54) is 0 Å². The molecule has 1 saturated heterocycles. The van der Waals surface area contributed by atoms with E-state index in [0.29, 0.717) is 19.5 Å². The highest BCUT2D eigenvalue weighted by atomic mass is 32.1. The summed E-state index contributed by atoms with van der Waals surface area (Å²) in [6, 6.07) is 5.82. The molecule has 6 nitrogen and oxygen atoms in total. The number of ether oxygens (including phenoxy) is 2. The third-order valence-corrected chi connectivity index (χ3v) is 5.12. The van der Waals surface area contributed by atoms with E-state index in [4.69, 9.17) is 14.6 Å². The molecule has 7 heteroatoms. The Bertz CT molecular complexity index is 745. The quantitative estimate of drug-likeness (QED) is 0.927. The van der Waals surface area contributed by atoms with E-state index in [2.05, 4.69) is 9.88 Å². The predicted octanol–water partition coefficient (Wildman–Crippen LogP) is 2.45. The molecule has 120 valence electrons. The molecule has 4 rings (SSSR count). The zero-order valence-electron chi connectivity index (χ0n) is 12.4. The van der Waals surface area contributed by atoms with Gasteiger partial charge in [-0.1, -0.05) is 0 Å². The number of likely N-dealkylation sites (tertiary alicyclic amines) is 1. The van der Waals surface area contributed by atoms with Crippen molar-refractivity contribution in [2.45, 2.75) is 13.0 Å². The van der Waals surface area contributed by atoms with Crippen molar-refractivity contribution in [3.05, 3.63) is 29.3 Å². The summed E-state index contributed by atoms with van der Waals surface area (Å²) in [4.78, 5) is 17.8. The number of carbonyl (C=O) groups is 1. The number of hydrogen-bond acceptors (Lipinski definition) is 6. The Balaban J connectivity index is 1.46. The second-order valence-corrected chi connectivity index (χ2v) is 6.63. The number of aliphatic carboxylic acids is 1. The summed E-state index contributed by atoms with van der Waals surface area (Å²) in [6.45, 7) is 2.38. The molecule has 1 aromatic heterocycles. The Morgan fingerprint density at radius 3 is 3.09 bits per heavy atom. The van der Waals surface area contributed by atoms with Crippen molar-refractivity contribution in [3.8, 4) is 22.1 Å². The van der Waals surface area contributed by atoms with Gasteiger partial charge in [0.15, 0.2) is 11.5 Å². The van der Waals surface area contributed by atoms with Crippen molar-refractivity contribution >= 4 is 17.3 Å². The fourth-order valence-electron chi connectivity index (χ4n) is 2.95. The third kappa shape index (κ3) is 2.89. The fourth-order valence-corrected chi connectivity index (χ4v) is 3.76. The monoisotopic (exact) mass is 332 g/mol. The zero-order valence-corrected chi connectivity index (χ0v) is 13.2. The van der Waals surface area contributed by atoms with Gasteiger partial charge >= 0.3 is 5.97 Å².